The van der Waals surface area contributed by atoms with Crippen LogP contribution < -0.4 is 4.31 Å². The van der Waals surface area contributed by atoms with E-state index in [0.717, 1.165) is 6.42 Å². The molecule has 1 fully saturated rings. The molecular weight excluding hydrogens is 322 g/mol. The second-order valence-electron chi connectivity index (χ2n) is 4.06. The molecule has 98 valence electrons. The Balaban J connectivity index is 2.53. The number of carboxylic acid groups (broad SMARTS) is 1. The Bertz CT molecular complexity index is 585. The summed E-state index contributed by atoms with van der Waals surface area (Å²) in [6.45, 7) is 0.338. The molecule has 2 rings (SSSR count). The van der Waals surface area contributed by atoms with E-state index in [1.54, 1.807) is 6.07 Å². The third-order valence-corrected chi connectivity index (χ3v) is 5.16. The predicted octanol–water partition coefficient (Wildman–Crippen LogP) is 2.08. The van der Waals surface area contributed by atoms with Gasteiger partial charge in [-0.1, -0.05) is 15.9 Å². The van der Waals surface area contributed by atoms with Crippen LogP contribution in [-0.4, -0.2) is 31.8 Å². The number of aromatic carboxylic acids is 1. The first-order chi connectivity index (χ1) is 8.42. The third-order valence-electron chi connectivity index (χ3n) is 2.81. The summed E-state index contributed by atoms with van der Waals surface area (Å²) >= 11 is 3.19. The summed E-state index contributed by atoms with van der Waals surface area (Å²) in [5.74, 6) is -1.06. The molecule has 1 aliphatic rings. The van der Waals surface area contributed by atoms with Crippen molar-refractivity contribution in [2.75, 3.05) is 16.6 Å². The van der Waals surface area contributed by atoms with E-state index in [0.29, 0.717) is 17.4 Å². The summed E-state index contributed by atoms with van der Waals surface area (Å²) in [7, 11) is -3.39. The number of halogens is 1. The maximum Gasteiger partial charge on any atom is 0.337 e. The van der Waals surface area contributed by atoms with Crippen molar-refractivity contribution < 1.29 is 18.3 Å². The van der Waals surface area contributed by atoms with Crippen LogP contribution in [0.4, 0.5) is 5.69 Å². The van der Waals surface area contributed by atoms with Crippen LogP contribution >= 0.6 is 15.9 Å². The molecule has 1 aromatic carbocycles. The van der Waals surface area contributed by atoms with Crippen LogP contribution in [0.3, 0.4) is 0 Å². The van der Waals surface area contributed by atoms with Gasteiger partial charge >= 0.3 is 5.97 Å². The average Bonchev–Trinajstić information content (AvgIpc) is 2.29. The second-order valence-corrected chi connectivity index (χ2v) is 6.99. The number of nitrogens with zero attached hydrogens (tertiary/aromatic N) is 1. The fourth-order valence-corrected chi connectivity index (χ4v) is 3.97. The third kappa shape index (κ3) is 2.51. The molecule has 7 heteroatoms. The summed E-state index contributed by atoms with van der Waals surface area (Å²) in [5.41, 5.74) is 0.236. The molecule has 1 N–H and O–H groups in total. The van der Waals surface area contributed by atoms with Crippen LogP contribution in [-0.2, 0) is 10.0 Å². The highest BCUT2D eigenvalue weighted by molar-refractivity contribution is 9.10. The number of hydrogen-bond donors (Lipinski definition) is 1. The average molecular weight is 334 g/mol. The minimum Gasteiger partial charge on any atom is -0.478 e. The van der Waals surface area contributed by atoms with Gasteiger partial charge in [-0.25, -0.2) is 13.2 Å². The van der Waals surface area contributed by atoms with E-state index >= 15 is 0 Å². The lowest BCUT2D eigenvalue weighted by Crippen LogP contribution is -2.38. The Labute approximate surface area is 114 Å². The lowest BCUT2D eigenvalue weighted by molar-refractivity contribution is 0.0697. The zero-order chi connectivity index (χ0) is 13.3. The van der Waals surface area contributed by atoms with Crippen molar-refractivity contribution in [1.29, 1.82) is 0 Å². The Morgan fingerprint density at radius 3 is 2.67 bits per heavy atom. The molecule has 1 aliphatic heterocycles. The van der Waals surface area contributed by atoms with Crippen molar-refractivity contribution in [1.82, 2.24) is 0 Å². The molecule has 0 radical (unpaired) electrons. The van der Waals surface area contributed by atoms with Crippen molar-refractivity contribution in [3.8, 4) is 0 Å². The summed E-state index contributed by atoms with van der Waals surface area (Å²) in [4.78, 5) is 11.2. The summed E-state index contributed by atoms with van der Waals surface area (Å²) < 4.78 is 25.7. The number of benzene rings is 1. The van der Waals surface area contributed by atoms with E-state index < -0.39 is 16.0 Å². The monoisotopic (exact) mass is 333 g/mol. The zero-order valence-electron chi connectivity index (χ0n) is 9.47. The van der Waals surface area contributed by atoms with E-state index in [2.05, 4.69) is 15.9 Å². The quantitative estimate of drug-likeness (QED) is 0.899. The minimum absolute atomic E-state index is 0.00477. The summed E-state index contributed by atoms with van der Waals surface area (Å²) in [5, 5.41) is 9.15. The first kappa shape index (κ1) is 13.4. The molecule has 0 spiro atoms. The maximum atomic E-state index is 12.0. The second kappa shape index (κ2) is 4.89. The number of hydrogen-bond acceptors (Lipinski definition) is 3. The van der Waals surface area contributed by atoms with Gasteiger partial charge in [0.2, 0.25) is 10.0 Å². The smallest absolute Gasteiger partial charge is 0.337 e. The maximum absolute atomic E-state index is 12.0. The number of rotatable bonds is 2. The van der Waals surface area contributed by atoms with Gasteiger partial charge in [0.15, 0.2) is 0 Å². The van der Waals surface area contributed by atoms with Gasteiger partial charge in [0.05, 0.1) is 17.0 Å². The van der Waals surface area contributed by atoms with Gasteiger partial charge in [0, 0.05) is 11.0 Å². The molecule has 5 nitrogen and oxygen atoms in total. The summed E-state index contributed by atoms with van der Waals surface area (Å²) in [6.07, 6.45) is 1.37. The molecule has 0 bridgehead atoms. The molecule has 1 saturated heterocycles. The molecule has 1 aromatic rings. The van der Waals surface area contributed by atoms with Gasteiger partial charge in [-0.05, 0) is 31.0 Å². The number of carboxylic acids is 1. The molecular formula is C11H12BrNO4S. The van der Waals surface area contributed by atoms with Crippen LogP contribution in [0.5, 0.6) is 0 Å². The van der Waals surface area contributed by atoms with Crippen LogP contribution in [0.2, 0.25) is 0 Å². The largest absolute Gasteiger partial charge is 0.478 e. The predicted molar refractivity (Wildman–Crippen MR) is 71.5 cm³/mol. The lowest BCUT2D eigenvalue weighted by Gasteiger charge is -2.29. The van der Waals surface area contributed by atoms with Gasteiger partial charge in [-0.2, -0.15) is 0 Å². The Morgan fingerprint density at radius 1 is 1.33 bits per heavy atom. The van der Waals surface area contributed by atoms with Crippen molar-refractivity contribution in [2.45, 2.75) is 12.8 Å². The van der Waals surface area contributed by atoms with Gasteiger partial charge in [0.1, 0.15) is 0 Å². The van der Waals surface area contributed by atoms with E-state index in [4.69, 9.17) is 5.11 Å². The van der Waals surface area contributed by atoms with E-state index in [1.165, 1.54) is 16.4 Å². The Kier molecular flexibility index (Phi) is 3.63. The summed E-state index contributed by atoms with van der Waals surface area (Å²) in [6, 6.07) is 4.59. The molecule has 0 unspecified atom stereocenters. The van der Waals surface area contributed by atoms with E-state index in [-0.39, 0.29) is 17.0 Å². The molecule has 1 heterocycles. The molecule has 0 saturated carbocycles. The van der Waals surface area contributed by atoms with Gasteiger partial charge < -0.3 is 5.11 Å². The number of sulfonamides is 1. The van der Waals surface area contributed by atoms with Crippen LogP contribution in [0, 0.1) is 0 Å². The molecule has 18 heavy (non-hydrogen) atoms. The van der Waals surface area contributed by atoms with E-state index in [1.807, 2.05) is 0 Å². The molecule has 0 amide bonds. The lowest BCUT2D eigenvalue weighted by atomic mass is 10.1. The topological polar surface area (TPSA) is 74.7 Å². The van der Waals surface area contributed by atoms with Gasteiger partial charge in [-0.3, -0.25) is 4.31 Å². The van der Waals surface area contributed by atoms with Gasteiger partial charge in [0.25, 0.3) is 0 Å². The normalized spacial score (nSPS) is 18.6. The molecule has 0 atom stereocenters. The fraction of sp³-hybridized carbons (Fsp3) is 0.364. The Hall–Kier alpha value is -1.08. The van der Waals surface area contributed by atoms with Crippen LogP contribution in [0.25, 0.3) is 0 Å². The first-order valence-electron chi connectivity index (χ1n) is 5.45. The van der Waals surface area contributed by atoms with Crippen LogP contribution in [0.15, 0.2) is 22.7 Å². The zero-order valence-corrected chi connectivity index (χ0v) is 11.9. The highest BCUT2D eigenvalue weighted by Gasteiger charge is 2.29. The van der Waals surface area contributed by atoms with Crippen molar-refractivity contribution in [2.24, 2.45) is 0 Å². The number of anilines is 1. The fourth-order valence-electron chi connectivity index (χ4n) is 1.96. The highest BCUT2D eigenvalue weighted by atomic mass is 79.9. The van der Waals surface area contributed by atoms with Crippen LogP contribution in [0.1, 0.15) is 23.2 Å². The SMILES string of the molecule is O=C(O)c1cc(Br)ccc1N1CCCCS1(=O)=O. The minimum atomic E-state index is -3.39. The highest BCUT2D eigenvalue weighted by Crippen LogP contribution is 2.29. The van der Waals surface area contributed by atoms with E-state index in [9.17, 15) is 13.2 Å². The molecule has 0 aliphatic carbocycles. The van der Waals surface area contributed by atoms with Crippen molar-refractivity contribution >= 4 is 37.6 Å². The van der Waals surface area contributed by atoms with Crippen molar-refractivity contribution in [3.05, 3.63) is 28.2 Å². The Morgan fingerprint density at radius 2 is 2.06 bits per heavy atom. The van der Waals surface area contributed by atoms with Gasteiger partial charge in [-0.15, -0.1) is 0 Å². The standard InChI is InChI=1S/C11H12BrNO4S/c12-8-3-4-10(9(7-8)11(14)15)13-5-1-2-6-18(13,16)17/h3-4,7H,1-2,5-6H2,(H,14,15). The number of carbonyl (C=O) groups is 1. The molecule has 0 aromatic heterocycles. The van der Waals surface area contributed by atoms with Crippen molar-refractivity contribution in [3.63, 3.8) is 0 Å². The first-order valence-corrected chi connectivity index (χ1v) is 7.85.